The average Bonchev–Trinajstić information content (AvgIpc) is 3.25. The summed E-state index contributed by atoms with van der Waals surface area (Å²) in [5.74, 6) is 5.29. The lowest BCUT2D eigenvalue weighted by Crippen LogP contribution is -2.04. The fourth-order valence-corrected chi connectivity index (χ4v) is 5.65. The highest BCUT2D eigenvalue weighted by molar-refractivity contribution is 7.71. The Labute approximate surface area is 216 Å². The highest BCUT2D eigenvalue weighted by Crippen LogP contribution is 2.36. The highest BCUT2D eigenvalue weighted by atomic mass is 32.2. The van der Waals surface area contributed by atoms with Gasteiger partial charge in [0.05, 0.1) is 18.1 Å². The molecule has 1 N–H and O–H groups in total. The van der Waals surface area contributed by atoms with Crippen LogP contribution < -0.4 is 4.74 Å². The number of hydrogen-bond acceptors (Lipinski definition) is 5. The SMILES string of the molecule is CC#C[C@@H](CC(=O)O)c1ccc(OCc2ccc3scc(-c4ccc(C[SH](=O)=O)cc4C)c3c2)cc1. The van der Waals surface area contributed by atoms with E-state index in [1.54, 1.807) is 18.3 Å². The van der Waals surface area contributed by atoms with E-state index in [4.69, 9.17) is 9.84 Å². The number of rotatable bonds is 9. The van der Waals surface area contributed by atoms with Crippen molar-refractivity contribution in [1.82, 2.24) is 0 Å². The smallest absolute Gasteiger partial charge is 0.304 e. The molecule has 0 unspecified atom stereocenters. The normalized spacial score (nSPS) is 11.8. The Hall–Kier alpha value is -3.60. The van der Waals surface area contributed by atoms with Gasteiger partial charge in [0, 0.05) is 15.6 Å². The monoisotopic (exact) mass is 518 g/mol. The molecule has 36 heavy (non-hydrogen) atoms. The lowest BCUT2D eigenvalue weighted by atomic mass is 9.96. The molecule has 0 amide bonds. The molecule has 0 fully saturated rings. The summed E-state index contributed by atoms with van der Waals surface area (Å²) in [7, 11) is -2.45. The molecule has 0 saturated heterocycles. The first-order chi connectivity index (χ1) is 17.3. The van der Waals surface area contributed by atoms with Gasteiger partial charge in [0.25, 0.3) is 0 Å². The Kier molecular flexibility index (Phi) is 8.09. The standard InChI is InChI=1S/C29H26O5S2/c1-3-4-23(15-29(30)31)22-7-9-24(10-8-22)34-16-20-6-12-28-26(14-20)27(17-35-28)25-11-5-21(13-19(25)2)18-36(32)33/h5-14,17,23,36H,15-16,18H2,1-2H3,(H,30,31)/t23-/m0/s1. The van der Waals surface area contributed by atoms with Crippen LogP contribution in [-0.4, -0.2) is 19.5 Å². The van der Waals surface area contributed by atoms with Crippen molar-refractivity contribution in [3.05, 3.63) is 88.3 Å². The molecule has 184 valence electrons. The molecule has 0 spiro atoms. The fourth-order valence-electron chi connectivity index (χ4n) is 4.21. The van der Waals surface area contributed by atoms with Gasteiger partial charge < -0.3 is 9.84 Å². The van der Waals surface area contributed by atoms with Gasteiger partial charge in [0.1, 0.15) is 23.1 Å². The molecule has 0 saturated carbocycles. The van der Waals surface area contributed by atoms with Crippen LogP contribution >= 0.6 is 11.3 Å². The molecule has 0 aliphatic carbocycles. The van der Waals surface area contributed by atoms with E-state index >= 15 is 0 Å². The fraction of sp³-hybridized carbons (Fsp3) is 0.207. The quantitative estimate of drug-likeness (QED) is 0.205. The number of hydrogen-bond donors (Lipinski definition) is 2. The minimum atomic E-state index is -2.45. The number of aliphatic carboxylic acids is 1. The van der Waals surface area contributed by atoms with Gasteiger partial charge in [-0.3, -0.25) is 4.79 Å². The van der Waals surface area contributed by atoms with Crippen molar-refractivity contribution in [2.45, 2.75) is 38.5 Å². The maximum Gasteiger partial charge on any atom is 0.304 e. The maximum atomic E-state index is 11.1. The first-order valence-corrected chi connectivity index (χ1v) is 13.7. The molecule has 3 aromatic carbocycles. The van der Waals surface area contributed by atoms with Crippen LogP contribution in [-0.2, 0) is 27.9 Å². The van der Waals surface area contributed by atoms with Crippen LogP contribution in [0.15, 0.2) is 66.0 Å². The van der Waals surface area contributed by atoms with Gasteiger partial charge in [0.15, 0.2) is 0 Å². The first kappa shape index (κ1) is 25.5. The summed E-state index contributed by atoms with van der Waals surface area (Å²) >= 11 is 1.68. The number of carbonyl (C=O) groups is 1. The lowest BCUT2D eigenvalue weighted by Gasteiger charge is -2.11. The minimum Gasteiger partial charge on any atom is -0.489 e. The summed E-state index contributed by atoms with van der Waals surface area (Å²) in [5, 5.41) is 12.4. The zero-order valence-electron chi connectivity index (χ0n) is 20.0. The van der Waals surface area contributed by atoms with Crippen LogP contribution in [0.2, 0.25) is 0 Å². The van der Waals surface area contributed by atoms with Crippen molar-refractivity contribution in [3.8, 4) is 28.7 Å². The Morgan fingerprint density at radius 1 is 1.03 bits per heavy atom. The summed E-state index contributed by atoms with van der Waals surface area (Å²) in [6, 6.07) is 19.5. The first-order valence-electron chi connectivity index (χ1n) is 11.4. The summed E-state index contributed by atoms with van der Waals surface area (Å²) < 4.78 is 29.3. The largest absolute Gasteiger partial charge is 0.489 e. The number of benzene rings is 3. The van der Waals surface area contributed by atoms with Crippen LogP contribution in [0.3, 0.4) is 0 Å². The van der Waals surface area contributed by atoms with E-state index in [-0.39, 0.29) is 18.1 Å². The maximum absolute atomic E-state index is 11.1. The molecular weight excluding hydrogens is 492 g/mol. The number of ether oxygens (including phenoxy) is 1. The summed E-state index contributed by atoms with van der Waals surface area (Å²) in [5.41, 5.74) is 5.93. The van der Waals surface area contributed by atoms with Crippen molar-refractivity contribution in [1.29, 1.82) is 0 Å². The molecule has 4 rings (SSSR count). The van der Waals surface area contributed by atoms with E-state index in [1.165, 1.54) is 4.70 Å². The molecule has 4 aromatic rings. The topological polar surface area (TPSA) is 80.7 Å². The van der Waals surface area contributed by atoms with Crippen molar-refractivity contribution in [2.75, 3.05) is 0 Å². The molecule has 7 heteroatoms. The lowest BCUT2D eigenvalue weighted by molar-refractivity contribution is -0.137. The molecule has 0 bridgehead atoms. The third-order valence-corrected chi connectivity index (χ3v) is 7.50. The number of fused-ring (bicyclic) bond motifs is 1. The number of aryl methyl sites for hydroxylation is 1. The van der Waals surface area contributed by atoms with Crippen molar-refractivity contribution >= 4 is 38.1 Å². The van der Waals surface area contributed by atoms with Gasteiger partial charge >= 0.3 is 5.97 Å². The zero-order chi connectivity index (χ0) is 25.7. The third-order valence-electron chi connectivity index (χ3n) is 5.92. The van der Waals surface area contributed by atoms with E-state index < -0.39 is 16.7 Å². The second kappa shape index (κ2) is 11.4. The predicted octanol–water partition coefficient (Wildman–Crippen LogP) is 6.15. The van der Waals surface area contributed by atoms with Gasteiger partial charge in [-0.2, -0.15) is 0 Å². The van der Waals surface area contributed by atoms with Crippen molar-refractivity contribution in [2.24, 2.45) is 0 Å². The molecule has 0 aliphatic rings. The predicted molar refractivity (Wildman–Crippen MR) is 145 cm³/mol. The molecule has 1 atom stereocenters. The number of thiol groups is 1. The van der Waals surface area contributed by atoms with Gasteiger partial charge in [-0.15, -0.1) is 17.3 Å². The number of carboxylic acids is 1. The van der Waals surface area contributed by atoms with E-state index in [9.17, 15) is 13.2 Å². The minimum absolute atomic E-state index is 0.0369. The molecule has 5 nitrogen and oxygen atoms in total. The van der Waals surface area contributed by atoms with Gasteiger partial charge in [-0.25, -0.2) is 8.42 Å². The molecule has 1 aromatic heterocycles. The molecule has 0 aliphatic heterocycles. The molecule has 0 radical (unpaired) electrons. The Morgan fingerprint density at radius 2 is 1.78 bits per heavy atom. The number of carboxylic acid groups (broad SMARTS) is 1. The van der Waals surface area contributed by atoms with Crippen LogP contribution in [0.4, 0.5) is 0 Å². The Bertz CT molecular complexity index is 1530. The highest BCUT2D eigenvalue weighted by Gasteiger charge is 2.14. The van der Waals surface area contributed by atoms with Crippen LogP contribution in [0, 0.1) is 18.8 Å². The van der Waals surface area contributed by atoms with Crippen LogP contribution in [0.1, 0.15) is 41.5 Å². The van der Waals surface area contributed by atoms with E-state index in [2.05, 4.69) is 35.4 Å². The van der Waals surface area contributed by atoms with Gasteiger partial charge in [0.2, 0.25) is 0 Å². The third kappa shape index (κ3) is 6.14. The Balaban J connectivity index is 1.51. The van der Waals surface area contributed by atoms with Gasteiger partial charge in [-0.1, -0.05) is 42.3 Å². The molecule has 1 heterocycles. The number of thiophene rings is 1. The van der Waals surface area contributed by atoms with E-state index in [1.807, 2.05) is 49.4 Å². The van der Waals surface area contributed by atoms with Crippen molar-refractivity contribution < 1.29 is 23.1 Å². The zero-order valence-corrected chi connectivity index (χ0v) is 21.7. The van der Waals surface area contributed by atoms with Gasteiger partial charge in [-0.05, 0) is 71.3 Å². The summed E-state index contributed by atoms with van der Waals surface area (Å²) in [4.78, 5) is 11.1. The van der Waals surface area contributed by atoms with E-state index in [0.717, 1.165) is 38.8 Å². The summed E-state index contributed by atoms with van der Waals surface area (Å²) in [6.07, 6.45) is -0.0369. The Morgan fingerprint density at radius 3 is 2.44 bits per heavy atom. The average molecular weight is 519 g/mol. The van der Waals surface area contributed by atoms with Crippen LogP contribution in [0.5, 0.6) is 5.75 Å². The second-order valence-corrected chi connectivity index (χ2v) is 10.4. The van der Waals surface area contributed by atoms with E-state index in [0.29, 0.717) is 12.4 Å². The second-order valence-electron chi connectivity index (χ2n) is 8.52. The van der Waals surface area contributed by atoms with Crippen molar-refractivity contribution in [3.63, 3.8) is 0 Å². The van der Waals surface area contributed by atoms with Crippen LogP contribution in [0.25, 0.3) is 21.2 Å². The molecular formula is C29H26O5S2. The summed E-state index contributed by atoms with van der Waals surface area (Å²) in [6.45, 7) is 4.10.